The van der Waals surface area contributed by atoms with E-state index >= 15 is 0 Å². The Hall–Kier alpha value is -1.09. The van der Waals surface area contributed by atoms with Gasteiger partial charge in [0.05, 0.1) is 6.10 Å². The normalized spacial score (nSPS) is 29.5. The third-order valence-corrected chi connectivity index (χ3v) is 3.06. The lowest BCUT2D eigenvalue weighted by Gasteiger charge is -2.37. The van der Waals surface area contributed by atoms with Crippen LogP contribution in [0, 0.1) is 5.82 Å². The molecule has 0 saturated heterocycles. The summed E-state index contributed by atoms with van der Waals surface area (Å²) in [7, 11) is 0. The van der Waals surface area contributed by atoms with Crippen LogP contribution in [0.2, 0.25) is 0 Å². The number of hydrogen-bond acceptors (Lipinski definition) is 2. The molecule has 0 aliphatic carbocycles. The van der Waals surface area contributed by atoms with E-state index in [-0.39, 0.29) is 11.4 Å². The van der Waals surface area contributed by atoms with Crippen LogP contribution in [0.3, 0.4) is 0 Å². The number of benzene rings is 1. The number of hydrogen-bond donors (Lipinski definition) is 1. The zero-order chi connectivity index (χ0) is 11.1. The highest BCUT2D eigenvalue weighted by molar-refractivity contribution is 5.38. The maximum absolute atomic E-state index is 13.0. The highest BCUT2D eigenvalue weighted by Crippen LogP contribution is 2.40. The van der Waals surface area contributed by atoms with Crippen LogP contribution >= 0.6 is 0 Å². The lowest BCUT2D eigenvalue weighted by Crippen LogP contribution is -2.37. The average Bonchev–Trinajstić information content (AvgIpc) is 2.16. The van der Waals surface area contributed by atoms with Crippen molar-refractivity contribution in [1.29, 1.82) is 0 Å². The number of fused-ring (bicyclic) bond motifs is 1. The molecule has 15 heavy (non-hydrogen) atoms. The first-order chi connectivity index (χ1) is 7.04. The van der Waals surface area contributed by atoms with Crippen molar-refractivity contribution in [3.05, 3.63) is 29.6 Å². The van der Waals surface area contributed by atoms with Crippen molar-refractivity contribution in [3.8, 4) is 5.75 Å². The van der Waals surface area contributed by atoms with Gasteiger partial charge in [0, 0.05) is 18.1 Å². The van der Waals surface area contributed by atoms with Crippen molar-refractivity contribution >= 4 is 0 Å². The summed E-state index contributed by atoms with van der Waals surface area (Å²) in [6, 6.07) is 4.27. The Labute approximate surface area is 88.7 Å². The second kappa shape index (κ2) is 3.49. The lowest BCUT2D eigenvalue weighted by molar-refractivity contribution is -0.00405. The molecular weight excluding hydrogens is 195 g/mol. The largest absolute Gasteiger partial charge is 0.487 e. The zero-order valence-corrected chi connectivity index (χ0v) is 8.96. The monoisotopic (exact) mass is 210 g/mol. The van der Waals surface area contributed by atoms with Crippen LogP contribution in [0.1, 0.15) is 38.4 Å². The Balaban J connectivity index is 2.41. The minimum absolute atomic E-state index is 0.332. The molecule has 0 spiro atoms. The van der Waals surface area contributed by atoms with E-state index in [1.165, 1.54) is 12.1 Å². The van der Waals surface area contributed by atoms with E-state index in [0.29, 0.717) is 17.7 Å². The molecule has 0 amide bonds. The number of ether oxygens (including phenoxy) is 1. The molecule has 1 aromatic rings. The lowest BCUT2D eigenvalue weighted by atomic mass is 9.88. The quantitative estimate of drug-likeness (QED) is 0.772. The first-order valence-corrected chi connectivity index (χ1v) is 5.20. The summed E-state index contributed by atoms with van der Waals surface area (Å²) in [5.74, 6) is 0.138. The van der Waals surface area contributed by atoms with Crippen LogP contribution in [0.15, 0.2) is 18.2 Å². The molecule has 1 aliphatic rings. The molecule has 1 unspecified atom stereocenters. The third kappa shape index (κ3) is 1.84. The van der Waals surface area contributed by atoms with Gasteiger partial charge in [-0.15, -0.1) is 0 Å². The van der Waals surface area contributed by atoms with E-state index in [4.69, 9.17) is 4.74 Å². The summed E-state index contributed by atoms with van der Waals surface area (Å²) in [5, 5.41) is 9.92. The highest BCUT2D eigenvalue weighted by Gasteiger charge is 2.35. The van der Waals surface area contributed by atoms with Gasteiger partial charge < -0.3 is 9.84 Å². The van der Waals surface area contributed by atoms with Crippen LogP contribution < -0.4 is 4.74 Å². The Morgan fingerprint density at radius 2 is 2.33 bits per heavy atom. The topological polar surface area (TPSA) is 29.5 Å². The van der Waals surface area contributed by atoms with Crippen LogP contribution in [0.25, 0.3) is 0 Å². The second-order valence-electron chi connectivity index (χ2n) is 4.31. The molecule has 0 saturated carbocycles. The predicted octanol–water partition coefficient (Wildman–Crippen LogP) is 2.81. The molecular formula is C12H15FO2. The number of rotatable bonds is 1. The van der Waals surface area contributed by atoms with Gasteiger partial charge in [0.1, 0.15) is 17.2 Å². The number of aliphatic hydroxyl groups is 1. The molecule has 0 aromatic heterocycles. The minimum atomic E-state index is -0.556. The van der Waals surface area contributed by atoms with Crippen molar-refractivity contribution in [2.45, 2.75) is 38.4 Å². The third-order valence-electron chi connectivity index (χ3n) is 3.06. The molecule has 2 rings (SSSR count). The van der Waals surface area contributed by atoms with E-state index in [0.717, 1.165) is 6.42 Å². The minimum Gasteiger partial charge on any atom is -0.487 e. The average molecular weight is 210 g/mol. The van der Waals surface area contributed by atoms with E-state index < -0.39 is 6.10 Å². The van der Waals surface area contributed by atoms with Gasteiger partial charge in [-0.05, 0) is 25.5 Å². The summed E-state index contributed by atoms with van der Waals surface area (Å²) in [6.07, 6.45) is 0.793. The van der Waals surface area contributed by atoms with Crippen LogP contribution in [0.5, 0.6) is 5.75 Å². The molecule has 0 bridgehead atoms. The van der Waals surface area contributed by atoms with Gasteiger partial charge in [0.25, 0.3) is 0 Å². The van der Waals surface area contributed by atoms with Gasteiger partial charge in [-0.2, -0.15) is 0 Å². The Bertz CT molecular complexity index is 378. The summed E-state index contributed by atoms with van der Waals surface area (Å²) in [4.78, 5) is 0. The van der Waals surface area contributed by atoms with Gasteiger partial charge in [0.2, 0.25) is 0 Å². The molecule has 82 valence electrons. The molecule has 3 heteroatoms. The molecule has 1 N–H and O–H groups in total. The molecule has 1 heterocycles. The van der Waals surface area contributed by atoms with Gasteiger partial charge in [-0.25, -0.2) is 4.39 Å². The maximum atomic E-state index is 13.0. The Morgan fingerprint density at radius 3 is 3.00 bits per heavy atom. The molecule has 1 aliphatic heterocycles. The maximum Gasteiger partial charge on any atom is 0.128 e. The van der Waals surface area contributed by atoms with Gasteiger partial charge >= 0.3 is 0 Å². The fraction of sp³-hybridized carbons (Fsp3) is 0.500. The Morgan fingerprint density at radius 1 is 1.60 bits per heavy atom. The van der Waals surface area contributed by atoms with Gasteiger partial charge in [0.15, 0.2) is 0 Å². The van der Waals surface area contributed by atoms with E-state index in [1.54, 1.807) is 6.07 Å². The van der Waals surface area contributed by atoms with E-state index in [1.807, 2.05) is 13.8 Å². The highest BCUT2D eigenvalue weighted by atomic mass is 19.1. The zero-order valence-electron chi connectivity index (χ0n) is 8.96. The molecule has 2 atom stereocenters. The first-order valence-electron chi connectivity index (χ1n) is 5.20. The summed E-state index contributed by atoms with van der Waals surface area (Å²) in [6.45, 7) is 3.93. The van der Waals surface area contributed by atoms with Gasteiger partial charge in [-0.1, -0.05) is 6.92 Å². The fourth-order valence-corrected chi connectivity index (χ4v) is 1.91. The van der Waals surface area contributed by atoms with Crippen LogP contribution in [-0.2, 0) is 0 Å². The molecule has 1 aromatic carbocycles. The van der Waals surface area contributed by atoms with Crippen LogP contribution in [0.4, 0.5) is 4.39 Å². The standard InChI is InChI=1S/C12H15FO2/c1-3-12(2)7-10(14)9-5-4-8(13)6-11(9)15-12/h4-6,10,14H,3,7H2,1-2H3/t10-,12?/m0/s1. The van der Waals surface area contributed by atoms with Crippen molar-refractivity contribution < 1.29 is 14.2 Å². The number of aliphatic hydroxyl groups excluding tert-OH is 1. The second-order valence-corrected chi connectivity index (χ2v) is 4.31. The SMILES string of the molecule is CCC1(C)C[C@H](O)c2ccc(F)cc2O1. The Kier molecular flexibility index (Phi) is 2.43. The smallest absolute Gasteiger partial charge is 0.128 e. The summed E-state index contributed by atoms with van der Waals surface area (Å²) >= 11 is 0. The van der Waals surface area contributed by atoms with Gasteiger partial charge in [-0.3, -0.25) is 0 Å². The first kappa shape index (κ1) is 10.4. The molecule has 0 fully saturated rings. The fourth-order valence-electron chi connectivity index (χ4n) is 1.91. The van der Waals surface area contributed by atoms with Crippen molar-refractivity contribution in [1.82, 2.24) is 0 Å². The van der Waals surface area contributed by atoms with Crippen molar-refractivity contribution in [2.75, 3.05) is 0 Å². The van der Waals surface area contributed by atoms with E-state index in [2.05, 4.69) is 0 Å². The van der Waals surface area contributed by atoms with Crippen LogP contribution in [-0.4, -0.2) is 10.7 Å². The van der Waals surface area contributed by atoms with Crippen molar-refractivity contribution in [2.24, 2.45) is 0 Å². The predicted molar refractivity (Wildman–Crippen MR) is 55.3 cm³/mol. The van der Waals surface area contributed by atoms with Crippen molar-refractivity contribution in [3.63, 3.8) is 0 Å². The molecule has 2 nitrogen and oxygen atoms in total. The summed E-state index contributed by atoms with van der Waals surface area (Å²) < 4.78 is 18.7. The molecule has 0 radical (unpaired) electrons. The number of halogens is 1. The summed E-state index contributed by atoms with van der Waals surface area (Å²) in [5.41, 5.74) is 0.294. The van der Waals surface area contributed by atoms with E-state index in [9.17, 15) is 9.50 Å².